The van der Waals surface area contributed by atoms with Gasteiger partial charge in [-0.2, -0.15) is 0 Å². The Kier molecular flexibility index (Phi) is 8.58. The number of terminal acetylenes is 1. The van der Waals surface area contributed by atoms with E-state index in [4.69, 9.17) is 8.76 Å². The molecule has 1 unspecified atom stereocenters. The third-order valence-electron chi connectivity index (χ3n) is 0.0962. The Morgan fingerprint density at radius 1 is 1.83 bits per heavy atom. The first-order chi connectivity index (χ1) is 2.27. The maximum absolute atomic E-state index is 9.13. The molecule has 0 aromatic rings. The van der Waals surface area contributed by atoms with Crippen LogP contribution in [0.5, 0.6) is 0 Å². The van der Waals surface area contributed by atoms with Gasteiger partial charge < -0.3 is 4.55 Å². The van der Waals surface area contributed by atoms with E-state index in [1.165, 1.54) is 5.25 Å². The quantitative estimate of drug-likeness (QED) is 0.439. The second-order valence-electron chi connectivity index (χ2n) is 0.353. The molecule has 0 spiro atoms. The summed E-state index contributed by atoms with van der Waals surface area (Å²) in [6.45, 7) is 0. The average molecular weight is 273 g/mol. The van der Waals surface area contributed by atoms with Crippen molar-refractivity contribution in [1.29, 1.82) is 0 Å². The largest absolute Gasteiger partial charge is 0.762 e. The van der Waals surface area contributed by atoms with Crippen LogP contribution in [0.25, 0.3) is 0 Å². The summed E-state index contributed by atoms with van der Waals surface area (Å²) in [5, 5.41) is 1.44. The molecule has 0 heterocycles. The monoisotopic (exact) mass is 273 g/mol. The average Bonchev–Trinajstić information content (AvgIpc) is 1.38. The van der Waals surface area contributed by atoms with Crippen LogP contribution in [0.2, 0.25) is 0 Å². The van der Waals surface area contributed by atoms with E-state index in [-0.39, 0.29) is 21.1 Å². The van der Waals surface area contributed by atoms with Crippen LogP contribution in [0.3, 0.4) is 0 Å². The van der Waals surface area contributed by atoms with Crippen LogP contribution in [0.1, 0.15) is 0 Å². The molecule has 0 aliphatic carbocycles. The second-order valence-corrected chi connectivity index (χ2v) is 1.06. The van der Waals surface area contributed by atoms with Gasteiger partial charge in [0.05, 0.1) is 0 Å². The molecule has 0 radical (unpaired) electrons. The number of hydrogen-bond donors (Lipinski definition) is 0. The fourth-order valence-electron chi connectivity index (χ4n) is 0. The summed E-state index contributed by atoms with van der Waals surface area (Å²) in [7, 11) is 0. The maximum atomic E-state index is 9.13. The van der Waals surface area contributed by atoms with Gasteiger partial charge in [0, 0.05) is 32.1 Å². The van der Waals surface area contributed by atoms with Gasteiger partial charge in [0.1, 0.15) is 0 Å². The van der Waals surface area contributed by atoms with Gasteiger partial charge in [-0.15, -0.1) is 6.42 Å². The zero-order valence-electron chi connectivity index (χ0n) is 2.71. The Bertz CT molecular complexity index is 84.0. The molecule has 0 amide bonds. The van der Waals surface area contributed by atoms with Gasteiger partial charge in [-0.1, -0.05) is 0 Å². The summed E-state index contributed by atoms with van der Waals surface area (Å²) in [5.74, 6) is 0. The van der Waals surface area contributed by atoms with Crippen molar-refractivity contribution in [3.63, 3.8) is 0 Å². The third kappa shape index (κ3) is 8.84. The normalized spacial score (nSPS) is 10.7. The molecule has 0 aromatic carbocycles. The van der Waals surface area contributed by atoms with Gasteiger partial charge in [-0.25, -0.2) is 0 Å². The molecule has 0 fully saturated rings. The Hall–Kier alpha value is 0.358. The maximum Gasteiger partial charge on any atom is 0.0244 e. The topological polar surface area (TPSA) is 40.1 Å². The molecular formula is C2HO2SW-. The summed E-state index contributed by atoms with van der Waals surface area (Å²) >= 11 is -2.29. The molecule has 0 saturated heterocycles. The SMILES string of the molecule is C#CS(=O)[O-].[W]. The van der Waals surface area contributed by atoms with Crippen LogP contribution >= 0.6 is 0 Å². The molecule has 2 nitrogen and oxygen atoms in total. The number of hydrogen-bond acceptors (Lipinski definition) is 2. The van der Waals surface area contributed by atoms with Crippen LogP contribution in [-0.2, 0) is 32.1 Å². The first kappa shape index (κ1) is 9.61. The van der Waals surface area contributed by atoms with Gasteiger partial charge in [0.2, 0.25) is 0 Å². The number of rotatable bonds is 0. The summed E-state index contributed by atoms with van der Waals surface area (Å²) in [5.41, 5.74) is 0. The van der Waals surface area contributed by atoms with E-state index >= 15 is 0 Å². The predicted molar refractivity (Wildman–Crippen MR) is 17.8 cm³/mol. The zero-order chi connectivity index (χ0) is 4.28. The van der Waals surface area contributed by atoms with Crippen molar-refractivity contribution < 1.29 is 29.8 Å². The minimum atomic E-state index is -2.29. The molecule has 4 heteroatoms. The third-order valence-corrected chi connectivity index (χ3v) is 0.289. The second kappa shape index (κ2) is 5.36. The summed E-state index contributed by atoms with van der Waals surface area (Å²) in [6, 6.07) is 0. The van der Waals surface area contributed by atoms with E-state index in [0.29, 0.717) is 0 Å². The molecule has 0 saturated carbocycles. The summed E-state index contributed by atoms with van der Waals surface area (Å²) in [6.07, 6.45) is 4.31. The van der Waals surface area contributed by atoms with Crippen molar-refractivity contribution in [2.45, 2.75) is 0 Å². The van der Waals surface area contributed by atoms with Crippen LogP contribution in [-0.4, -0.2) is 8.76 Å². The fourth-order valence-corrected chi connectivity index (χ4v) is 0. The molecular weight excluding hydrogens is 272 g/mol. The van der Waals surface area contributed by atoms with Gasteiger partial charge >= 0.3 is 0 Å². The molecule has 0 N–H and O–H groups in total. The fraction of sp³-hybridized carbons (Fsp3) is 0. The molecule has 0 rings (SSSR count). The summed E-state index contributed by atoms with van der Waals surface area (Å²) in [4.78, 5) is 0. The van der Waals surface area contributed by atoms with E-state index in [1.54, 1.807) is 0 Å². The molecule has 1 atom stereocenters. The Balaban J connectivity index is 0. The minimum absolute atomic E-state index is 0. The van der Waals surface area contributed by atoms with E-state index in [1.807, 2.05) is 0 Å². The van der Waals surface area contributed by atoms with Crippen molar-refractivity contribution >= 4 is 11.1 Å². The van der Waals surface area contributed by atoms with Crippen LogP contribution < -0.4 is 0 Å². The van der Waals surface area contributed by atoms with Crippen molar-refractivity contribution in [2.24, 2.45) is 0 Å². The first-order valence-corrected chi connectivity index (χ1v) is 1.90. The van der Waals surface area contributed by atoms with E-state index in [0.717, 1.165) is 0 Å². The first-order valence-electron chi connectivity index (χ1n) is 0.826. The van der Waals surface area contributed by atoms with E-state index < -0.39 is 11.1 Å². The molecule has 0 aliphatic heterocycles. The Morgan fingerprint density at radius 2 is 2.00 bits per heavy atom. The van der Waals surface area contributed by atoms with Crippen molar-refractivity contribution in [3.8, 4) is 11.7 Å². The smallest absolute Gasteiger partial charge is 0.0244 e. The van der Waals surface area contributed by atoms with Gasteiger partial charge in [0.25, 0.3) is 0 Å². The molecule has 0 aromatic heterocycles. The standard InChI is InChI=1S/C2H2O2S.W/c1-2-5(3)4;/h1H,(H,3,4);/p-1. The molecule has 6 heavy (non-hydrogen) atoms. The summed E-state index contributed by atoms with van der Waals surface area (Å²) < 4.78 is 18.3. The van der Waals surface area contributed by atoms with Crippen LogP contribution in [0.15, 0.2) is 0 Å². The van der Waals surface area contributed by atoms with Gasteiger partial charge in [0.15, 0.2) is 0 Å². The Morgan fingerprint density at radius 3 is 2.00 bits per heavy atom. The van der Waals surface area contributed by atoms with Crippen molar-refractivity contribution in [2.75, 3.05) is 0 Å². The van der Waals surface area contributed by atoms with E-state index in [9.17, 15) is 0 Å². The van der Waals surface area contributed by atoms with Crippen molar-refractivity contribution in [1.82, 2.24) is 0 Å². The van der Waals surface area contributed by atoms with Crippen LogP contribution in [0.4, 0.5) is 0 Å². The predicted octanol–water partition coefficient (Wildman–Crippen LogP) is -0.546. The Labute approximate surface area is 52.9 Å². The van der Waals surface area contributed by atoms with E-state index in [2.05, 4.69) is 6.42 Å². The van der Waals surface area contributed by atoms with Crippen LogP contribution in [0, 0.1) is 11.7 Å². The molecule has 0 aliphatic rings. The molecule has 0 bridgehead atoms. The van der Waals surface area contributed by atoms with Crippen molar-refractivity contribution in [3.05, 3.63) is 0 Å². The minimum Gasteiger partial charge on any atom is -0.762 e. The van der Waals surface area contributed by atoms with Gasteiger partial charge in [-0.05, 0) is 5.25 Å². The zero-order valence-corrected chi connectivity index (χ0v) is 6.46. The molecule has 34 valence electrons. The van der Waals surface area contributed by atoms with Gasteiger partial charge in [-0.3, -0.25) is 4.21 Å².